The van der Waals surface area contributed by atoms with Gasteiger partial charge in [0.05, 0.1) is 45.2 Å². The van der Waals surface area contributed by atoms with Crippen LogP contribution in [0.2, 0.25) is 0 Å². The highest BCUT2D eigenvalue weighted by atomic mass is 16.3. The molecule has 0 aliphatic heterocycles. The minimum Gasteiger partial charge on any atom is -0.456 e. The summed E-state index contributed by atoms with van der Waals surface area (Å²) in [6, 6.07) is 159. The van der Waals surface area contributed by atoms with Crippen LogP contribution in [0.25, 0.3) is 265 Å². The van der Waals surface area contributed by atoms with E-state index in [9.17, 15) is 0 Å². The van der Waals surface area contributed by atoms with Crippen LogP contribution in [0.4, 0.5) is 0 Å². The number of aromatic nitrogens is 6. The van der Waals surface area contributed by atoms with Crippen molar-refractivity contribution in [2.24, 2.45) is 0 Å². The first-order valence-electron chi connectivity index (χ1n) is 46.0. The number of benzene rings is 20. The van der Waals surface area contributed by atoms with Gasteiger partial charge in [0.15, 0.2) is 11.6 Å². The van der Waals surface area contributed by atoms with Gasteiger partial charge >= 0.3 is 0 Å². The lowest BCUT2D eigenvalue weighted by molar-refractivity contribution is 0.660. The Morgan fingerprint density at radius 3 is 0.956 bits per heavy atom. The molecule has 0 atom stereocenters. The molecular formula is C127H80N6O2. The van der Waals surface area contributed by atoms with Gasteiger partial charge in [-0.15, -0.1) is 0 Å². The van der Waals surface area contributed by atoms with E-state index in [-0.39, 0.29) is 5.41 Å². The molecule has 6 heterocycles. The van der Waals surface area contributed by atoms with Gasteiger partial charge in [0.1, 0.15) is 22.3 Å². The van der Waals surface area contributed by atoms with E-state index in [1.54, 1.807) is 0 Å². The molecule has 1 aliphatic rings. The molecule has 630 valence electrons. The van der Waals surface area contributed by atoms with Gasteiger partial charge < -0.3 is 8.83 Å². The molecule has 27 rings (SSSR count). The van der Waals surface area contributed by atoms with E-state index < -0.39 is 0 Å². The molecule has 8 nitrogen and oxygen atoms in total. The number of furan rings is 2. The number of rotatable bonds is 12. The molecule has 0 fully saturated rings. The van der Waals surface area contributed by atoms with Crippen LogP contribution in [0.5, 0.6) is 0 Å². The second-order valence-corrected chi connectivity index (χ2v) is 35.7. The van der Waals surface area contributed by atoms with Crippen LogP contribution in [0.1, 0.15) is 25.0 Å². The Balaban J connectivity index is 0.000000141. The molecule has 0 spiro atoms. The van der Waals surface area contributed by atoms with Crippen LogP contribution < -0.4 is 0 Å². The Labute approximate surface area is 778 Å². The van der Waals surface area contributed by atoms with Gasteiger partial charge in [0.2, 0.25) is 0 Å². The minimum atomic E-state index is -0.138. The lowest BCUT2D eigenvalue weighted by atomic mass is 9.82. The number of hydrogen-bond donors (Lipinski definition) is 0. The van der Waals surface area contributed by atoms with Crippen molar-refractivity contribution in [1.82, 2.24) is 29.9 Å². The zero-order valence-corrected chi connectivity index (χ0v) is 73.7. The van der Waals surface area contributed by atoms with Crippen molar-refractivity contribution in [3.05, 3.63) is 460 Å². The van der Waals surface area contributed by atoms with Crippen molar-refractivity contribution in [2.45, 2.75) is 19.3 Å². The van der Waals surface area contributed by atoms with Crippen LogP contribution in [-0.4, -0.2) is 29.9 Å². The molecule has 0 radical (unpaired) electrons. The van der Waals surface area contributed by atoms with E-state index in [2.05, 4.69) is 414 Å². The average Bonchev–Trinajstić information content (AvgIpc) is 1.69. The predicted octanol–water partition coefficient (Wildman–Crippen LogP) is 33.9. The fourth-order valence-corrected chi connectivity index (χ4v) is 21.1. The van der Waals surface area contributed by atoms with E-state index in [4.69, 9.17) is 38.7 Å². The normalized spacial score (nSPS) is 12.3. The third-order valence-corrected chi connectivity index (χ3v) is 27.5. The molecule has 8 heteroatoms. The summed E-state index contributed by atoms with van der Waals surface area (Å²) in [7, 11) is 0. The Morgan fingerprint density at radius 1 is 0.178 bits per heavy atom. The van der Waals surface area contributed by atoms with Crippen LogP contribution in [0, 0.1) is 0 Å². The van der Waals surface area contributed by atoms with Crippen LogP contribution in [-0.2, 0) is 5.41 Å². The van der Waals surface area contributed by atoms with Gasteiger partial charge in [0, 0.05) is 115 Å². The molecule has 0 saturated carbocycles. The van der Waals surface area contributed by atoms with Crippen molar-refractivity contribution in [2.75, 3.05) is 0 Å². The molecular weight excluding hydrogens is 1640 g/mol. The maximum Gasteiger partial charge on any atom is 0.160 e. The lowest BCUT2D eigenvalue weighted by Gasteiger charge is -2.22. The first-order chi connectivity index (χ1) is 66.7. The highest BCUT2D eigenvalue weighted by Crippen LogP contribution is 2.53. The number of para-hydroxylation sites is 4. The highest BCUT2D eigenvalue weighted by Gasteiger charge is 2.36. The molecule has 0 saturated heterocycles. The van der Waals surface area contributed by atoms with Crippen molar-refractivity contribution in [3.63, 3.8) is 0 Å². The van der Waals surface area contributed by atoms with Gasteiger partial charge in [-0.05, 0) is 161 Å². The van der Waals surface area contributed by atoms with Crippen molar-refractivity contribution >= 4 is 120 Å². The Morgan fingerprint density at radius 2 is 0.496 bits per heavy atom. The maximum absolute atomic E-state index is 6.78. The summed E-state index contributed by atoms with van der Waals surface area (Å²) < 4.78 is 13.5. The standard InChI is InChI=1S/C65H39N3O.C62H41N3O/c1-3-16-40(17-4-1)41-30-32-42(33-31-41)64-55-38-60-63(53-27-12-14-29-59(53)69-60)61(62(55)52-26-11-13-28-56(52)66-64)46-21-15-20-44(36-46)57-39-58(68-65(67-57)43-18-5-2-6-19-43)45-34-35-51-49-24-8-7-22-47(49)48-23-9-10-25-50(48)54(51)37-45;1-62(2)50-25-12-9-22-45(50)46-33-32-43(35-51(46)62)54-37-53(64-61(65-54)41-18-7-4-8-19-41)42-20-15-21-44(34-42)57-58-47-23-10-13-26-52(47)63-60(40-30-28-39(29-31-40)38-16-5-3-6-17-38)49(58)36-56-59(57)48-24-11-14-27-55(48)66-56/h1-39H;3-37H,1-2H3. The number of nitrogens with zero attached hydrogens (tertiary/aromatic N) is 6. The van der Waals surface area contributed by atoms with E-state index in [1.165, 1.54) is 65.7 Å². The fraction of sp³-hybridized carbons (Fsp3) is 0.0236. The summed E-state index contributed by atoms with van der Waals surface area (Å²) in [5.74, 6) is 1.36. The van der Waals surface area contributed by atoms with Crippen LogP contribution >= 0.6 is 0 Å². The quantitative estimate of drug-likeness (QED) is 0.111. The SMILES string of the molecule is CC1(C)c2ccccc2-c2ccc(-c3cc(-c4cccc(-c5c6c(cc7c(-c8ccc(-c9ccccc9)cc8)nc8ccccc8c57)oc5ccccc56)c4)nc(-c4ccccc4)n3)cc21.c1ccc(-c2ccc(-c3nc4ccccc4c4c(-c5cccc(-c6cc(-c7ccc8c9ccccc9c9ccccc9c8c7)nc(-c7ccccc7)n6)c5)c5c(cc34)oc3ccccc35)cc2)cc1. The molecule has 0 N–H and O–H groups in total. The van der Waals surface area contributed by atoms with Gasteiger partial charge in [-0.1, -0.05) is 390 Å². The van der Waals surface area contributed by atoms with Gasteiger partial charge in [-0.3, -0.25) is 0 Å². The minimum absolute atomic E-state index is 0.138. The largest absolute Gasteiger partial charge is 0.456 e. The first-order valence-corrected chi connectivity index (χ1v) is 46.0. The number of pyridine rings is 2. The molecule has 0 amide bonds. The number of hydrogen-bond acceptors (Lipinski definition) is 8. The summed E-state index contributed by atoms with van der Waals surface area (Å²) in [4.78, 5) is 32.1. The van der Waals surface area contributed by atoms with E-state index in [0.717, 1.165) is 199 Å². The third-order valence-electron chi connectivity index (χ3n) is 27.5. The zero-order valence-electron chi connectivity index (χ0n) is 73.7. The molecule has 0 unspecified atom stereocenters. The molecule has 20 aromatic carbocycles. The van der Waals surface area contributed by atoms with Crippen LogP contribution in [0.3, 0.4) is 0 Å². The smallest absolute Gasteiger partial charge is 0.160 e. The predicted molar refractivity (Wildman–Crippen MR) is 560 cm³/mol. The topological polar surface area (TPSA) is 104 Å². The summed E-state index contributed by atoms with van der Waals surface area (Å²) in [5, 5.41) is 18.2. The van der Waals surface area contributed by atoms with Crippen molar-refractivity contribution < 1.29 is 8.83 Å². The van der Waals surface area contributed by atoms with E-state index in [1.807, 2.05) is 48.5 Å². The second-order valence-electron chi connectivity index (χ2n) is 35.7. The van der Waals surface area contributed by atoms with E-state index in [0.29, 0.717) is 11.6 Å². The third kappa shape index (κ3) is 13.3. The monoisotopic (exact) mass is 1720 g/mol. The van der Waals surface area contributed by atoms with Gasteiger partial charge in [0.25, 0.3) is 0 Å². The summed E-state index contributed by atoms with van der Waals surface area (Å²) in [6.45, 7) is 4.65. The lowest BCUT2D eigenvalue weighted by Crippen LogP contribution is -2.14. The first kappa shape index (κ1) is 78.3. The zero-order chi connectivity index (χ0) is 89.4. The summed E-state index contributed by atoms with van der Waals surface area (Å²) in [5.41, 5.74) is 32.6. The van der Waals surface area contributed by atoms with Crippen LogP contribution in [0.15, 0.2) is 458 Å². The Hall–Kier alpha value is -17.7. The maximum atomic E-state index is 6.78. The Kier molecular flexibility index (Phi) is 18.5. The van der Waals surface area contributed by atoms with Gasteiger partial charge in [-0.25, -0.2) is 29.9 Å². The Bertz CT molecular complexity index is 9280. The highest BCUT2D eigenvalue weighted by molar-refractivity contribution is 6.31. The average molecular weight is 1720 g/mol. The molecule has 26 aromatic rings. The van der Waals surface area contributed by atoms with E-state index >= 15 is 0 Å². The molecule has 0 bridgehead atoms. The molecule has 1 aliphatic carbocycles. The molecule has 6 aromatic heterocycles. The van der Waals surface area contributed by atoms with Crippen molar-refractivity contribution in [3.8, 4) is 146 Å². The summed E-state index contributed by atoms with van der Waals surface area (Å²) >= 11 is 0. The molecule has 135 heavy (non-hydrogen) atoms. The summed E-state index contributed by atoms with van der Waals surface area (Å²) in [6.07, 6.45) is 0. The van der Waals surface area contributed by atoms with Gasteiger partial charge in [-0.2, -0.15) is 0 Å². The fourth-order valence-electron chi connectivity index (χ4n) is 21.1. The second kappa shape index (κ2) is 31.8. The number of fused-ring (bicyclic) bond motifs is 21. The van der Waals surface area contributed by atoms with Crippen molar-refractivity contribution in [1.29, 1.82) is 0 Å².